The fourth-order valence-corrected chi connectivity index (χ4v) is 3.26. The number of anilines is 1. The summed E-state index contributed by atoms with van der Waals surface area (Å²) in [5.41, 5.74) is 1.67. The SMILES string of the molecule is O=C(Nc1ccc2cn[nH]c2c1)c1cc2ccccc2s1. The van der Waals surface area contributed by atoms with E-state index < -0.39 is 0 Å². The second-order valence-corrected chi connectivity index (χ2v) is 5.86. The van der Waals surface area contributed by atoms with E-state index in [-0.39, 0.29) is 5.91 Å². The molecule has 0 unspecified atom stereocenters. The molecule has 2 aromatic heterocycles. The number of amides is 1. The minimum absolute atomic E-state index is 0.0879. The lowest BCUT2D eigenvalue weighted by atomic mass is 10.2. The number of aromatic nitrogens is 2. The first-order valence-electron chi connectivity index (χ1n) is 6.53. The van der Waals surface area contributed by atoms with Crippen molar-refractivity contribution in [3.63, 3.8) is 0 Å². The number of aromatic amines is 1. The molecule has 0 fully saturated rings. The Morgan fingerprint density at radius 1 is 1.10 bits per heavy atom. The van der Waals surface area contributed by atoms with Crippen LogP contribution in [0.1, 0.15) is 9.67 Å². The van der Waals surface area contributed by atoms with E-state index >= 15 is 0 Å². The van der Waals surface area contributed by atoms with E-state index in [0.717, 1.165) is 26.7 Å². The Bertz CT molecular complexity index is 921. The largest absolute Gasteiger partial charge is 0.321 e. The number of hydrogen-bond acceptors (Lipinski definition) is 3. The van der Waals surface area contributed by atoms with Gasteiger partial charge in [-0.25, -0.2) is 0 Å². The Hall–Kier alpha value is -2.66. The third kappa shape index (κ3) is 2.17. The van der Waals surface area contributed by atoms with Crippen LogP contribution < -0.4 is 5.32 Å². The molecule has 0 radical (unpaired) electrons. The topological polar surface area (TPSA) is 57.8 Å². The number of fused-ring (bicyclic) bond motifs is 2. The van der Waals surface area contributed by atoms with Gasteiger partial charge in [0.1, 0.15) is 0 Å². The molecule has 21 heavy (non-hydrogen) atoms. The van der Waals surface area contributed by atoms with Gasteiger partial charge in [-0.15, -0.1) is 11.3 Å². The zero-order valence-electron chi connectivity index (χ0n) is 11.0. The number of nitrogens with one attached hydrogen (secondary N) is 2. The molecule has 0 aliphatic carbocycles. The van der Waals surface area contributed by atoms with Gasteiger partial charge in [0.15, 0.2) is 0 Å². The molecule has 2 N–H and O–H groups in total. The van der Waals surface area contributed by atoms with Crippen molar-refractivity contribution in [2.45, 2.75) is 0 Å². The minimum Gasteiger partial charge on any atom is -0.321 e. The van der Waals surface area contributed by atoms with Gasteiger partial charge in [-0.3, -0.25) is 9.89 Å². The van der Waals surface area contributed by atoms with E-state index in [1.807, 2.05) is 48.5 Å². The van der Waals surface area contributed by atoms with Crippen LogP contribution in [0, 0.1) is 0 Å². The highest BCUT2D eigenvalue weighted by molar-refractivity contribution is 7.20. The zero-order valence-corrected chi connectivity index (χ0v) is 11.8. The average molecular weight is 293 g/mol. The normalized spacial score (nSPS) is 11.0. The van der Waals surface area contributed by atoms with Crippen LogP contribution >= 0.6 is 11.3 Å². The van der Waals surface area contributed by atoms with E-state index in [4.69, 9.17) is 0 Å². The Kier molecular flexibility index (Phi) is 2.72. The maximum Gasteiger partial charge on any atom is 0.265 e. The summed E-state index contributed by atoms with van der Waals surface area (Å²) in [7, 11) is 0. The van der Waals surface area contributed by atoms with Crippen molar-refractivity contribution in [1.29, 1.82) is 0 Å². The molecule has 0 atom stereocenters. The smallest absolute Gasteiger partial charge is 0.265 e. The van der Waals surface area contributed by atoms with Gasteiger partial charge in [-0.1, -0.05) is 18.2 Å². The molecule has 2 heterocycles. The molecule has 102 valence electrons. The summed E-state index contributed by atoms with van der Waals surface area (Å²) >= 11 is 1.50. The summed E-state index contributed by atoms with van der Waals surface area (Å²) in [5, 5.41) is 11.9. The van der Waals surface area contributed by atoms with E-state index in [1.54, 1.807) is 6.20 Å². The number of hydrogen-bond donors (Lipinski definition) is 2. The zero-order chi connectivity index (χ0) is 14.2. The monoisotopic (exact) mass is 293 g/mol. The maximum absolute atomic E-state index is 12.3. The molecule has 0 saturated heterocycles. The van der Waals surface area contributed by atoms with Crippen LogP contribution in [0.15, 0.2) is 54.7 Å². The predicted octanol–water partition coefficient (Wildman–Crippen LogP) is 4.03. The summed E-state index contributed by atoms with van der Waals surface area (Å²) in [5.74, 6) is -0.0879. The molecule has 0 saturated carbocycles. The van der Waals surface area contributed by atoms with Gasteiger partial charge < -0.3 is 5.32 Å². The highest BCUT2D eigenvalue weighted by Gasteiger charge is 2.10. The summed E-state index contributed by atoms with van der Waals surface area (Å²) in [4.78, 5) is 13.0. The standard InChI is InChI=1S/C16H11N3OS/c20-16(15-7-10-3-1-2-4-14(10)21-15)18-12-6-5-11-9-17-19-13(11)8-12/h1-9H,(H,17,19)(H,18,20). The number of H-pyrrole nitrogens is 1. The number of thiophene rings is 1. The van der Waals surface area contributed by atoms with E-state index in [0.29, 0.717) is 4.88 Å². The van der Waals surface area contributed by atoms with Gasteiger partial charge in [0, 0.05) is 15.8 Å². The van der Waals surface area contributed by atoms with Gasteiger partial charge in [0.2, 0.25) is 0 Å². The Morgan fingerprint density at radius 2 is 2.00 bits per heavy atom. The summed E-state index contributed by atoms with van der Waals surface area (Å²) in [6.07, 6.45) is 1.76. The third-order valence-corrected chi connectivity index (χ3v) is 4.46. The molecule has 1 amide bonds. The van der Waals surface area contributed by atoms with Crippen LogP contribution in [-0.2, 0) is 0 Å². The van der Waals surface area contributed by atoms with E-state index in [9.17, 15) is 4.79 Å². The molecule has 0 spiro atoms. The number of carbonyl (C=O) groups excluding carboxylic acids is 1. The number of carbonyl (C=O) groups is 1. The second kappa shape index (κ2) is 4.71. The van der Waals surface area contributed by atoms with Crippen molar-refractivity contribution < 1.29 is 4.79 Å². The number of nitrogens with zero attached hydrogens (tertiary/aromatic N) is 1. The molecule has 5 heteroatoms. The summed E-state index contributed by atoms with van der Waals surface area (Å²) in [6, 6.07) is 15.6. The van der Waals surface area contributed by atoms with Crippen molar-refractivity contribution in [2.24, 2.45) is 0 Å². The molecular weight excluding hydrogens is 282 g/mol. The molecule has 0 bridgehead atoms. The van der Waals surface area contributed by atoms with Crippen LogP contribution in [0.4, 0.5) is 5.69 Å². The number of rotatable bonds is 2. The van der Waals surface area contributed by atoms with Crippen LogP contribution in [0.2, 0.25) is 0 Å². The van der Waals surface area contributed by atoms with Crippen LogP contribution in [0.25, 0.3) is 21.0 Å². The lowest BCUT2D eigenvalue weighted by molar-refractivity contribution is 0.103. The second-order valence-electron chi connectivity index (χ2n) is 4.77. The molecule has 4 nitrogen and oxygen atoms in total. The van der Waals surface area contributed by atoms with Gasteiger partial charge in [0.05, 0.1) is 16.6 Å². The van der Waals surface area contributed by atoms with Crippen LogP contribution in [0.5, 0.6) is 0 Å². The quantitative estimate of drug-likeness (QED) is 0.586. The average Bonchev–Trinajstić information content (AvgIpc) is 3.13. The number of benzene rings is 2. The molecular formula is C16H11N3OS. The van der Waals surface area contributed by atoms with E-state index in [2.05, 4.69) is 15.5 Å². The van der Waals surface area contributed by atoms with Crippen molar-refractivity contribution in [3.05, 3.63) is 59.6 Å². The maximum atomic E-state index is 12.3. The third-order valence-electron chi connectivity index (χ3n) is 3.35. The minimum atomic E-state index is -0.0879. The summed E-state index contributed by atoms with van der Waals surface area (Å²) in [6.45, 7) is 0. The highest BCUT2D eigenvalue weighted by Crippen LogP contribution is 2.26. The summed E-state index contributed by atoms with van der Waals surface area (Å²) < 4.78 is 1.12. The van der Waals surface area contributed by atoms with Crippen LogP contribution in [0.3, 0.4) is 0 Å². The van der Waals surface area contributed by atoms with Crippen molar-refractivity contribution >= 4 is 43.9 Å². The Balaban J connectivity index is 1.64. The molecule has 0 aliphatic rings. The lowest BCUT2D eigenvalue weighted by Gasteiger charge is -2.03. The molecule has 2 aromatic carbocycles. The van der Waals surface area contributed by atoms with Gasteiger partial charge >= 0.3 is 0 Å². The van der Waals surface area contributed by atoms with Crippen LogP contribution in [-0.4, -0.2) is 16.1 Å². The van der Waals surface area contributed by atoms with E-state index in [1.165, 1.54) is 11.3 Å². The first-order valence-corrected chi connectivity index (χ1v) is 7.34. The Labute approximate surface area is 124 Å². The molecule has 4 rings (SSSR count). The van der Waals surface area contributed by atoms with Crippen molar-refractivity contribution in [1.82, 2.24) is 10.2 Å². The highest BCUT2D eigenvalue weighted by atomic mass is 32.1. The molecule has 0 aliphatic heterocycles. The fraction of sp³-hybridized carbons (Fsp3) is 0. The van der Waals surface area contributed by atoms with Gasteiger partial charge in [0.25, 0.3) is 5.91 Å². The Morgan fingerprint density at radius 3 is 2.90 bits per heavy atom. The lowest BCUT2D eigenvalue weighted by Crippen LogP contribution is -2.09. The van der Waals surface area contributed by atoms with Crippen molar-refractivity contribution in [3.8, 4) is 0 Å². The first-order chi connectivity index (χ1) is 10.3. The fourth-order valence-electron chi connectivity index (χ4n) is 2.30. The predicted molar refractivity (Wildman–Crippen MR) is 85.9 cm³/mol. The van der Waals surface area contributed by atoms with Crippen molar-refractivity contribution in [2.75, 3.05) is 5.32 Å². The first kappa shape index (κ1) is 12.1. The van der Waals surface area contributed by atoms with Gasteiger partial charge in [-0.05, 0) is 35.7 Å². The van der Waals surface area contributed by atoms with Gasteiger partial charge in [-0.2, -0.15) is 5.10 Å². The molecule has 4 aromatic rings.